The third kappa shape index (κ3) is 3.96. The largest absolute Gasteiger partial charge is 0.481 e. The van der Waals surface area contributed by atoms with Crippen LogP contribution >= 0.6 is 0 Å². The molecular formula is C12H14F2O2. The quantitative estimate of drug-likeness (QED) is 0.841. The highest BCUT2D eigenvalue weighted by atomic mass is 19.3. The highest BCUT2D eigenvalue weighted by molar-refractivity contribution is 5.69. The van der Waals surface area contributed by atoms with Gasteiger partial charge in [0.05, 0.1) is 5.92 Å². The molecule has 16 heavy (non-hydrogen) atoms. The van der Waals surface area contributed by atoms with Crippen LogP contribution in [0.5, 0.6) is 0 Å². The molecular weight excluding hydrogens is 214 g/mol. The van der Waals surface area contributed by atoms with E-state index in [0.29, 0.717) is 12.0 Å². The van der Waals surface area contributed by atoms with Gasteiger partial charge in [0, 0.05) is 6.42 Å². The van der Waals surface area contributed by atoms with Gasteiger partial charge in [0.15, 0.2) is 0 Å². The van der Waals surface area contributed by atoms with E-state index in [1.54, 1.807) is 31.2 Å². The Morgan fingerprint density at radius 1 is 1.19 bits per heavy atom. The zero-order chi connectivity index (χ0) is 12.1. The predicted octanol–water partition coefficient (Wildman–Crippen LogP) is 2.76. The molecule has 4 heteroatoms. The van der Waals surface area contributed by atoms with Gasteiger partial charge in [0.2, 0.25) is 6.43 Å². The monoisotopic (exact) mass is 228 g/mol. The maximum absolute atomic E-state index is 12.1. The van der Waals surface area contributed by atoms with Crippen molar-refractivity contribution in [2.24, 2.45) is 5.92 Å². The number of carboxylic acids is 1. The lowest BCUT2D eigenvalue weighted by molar-refractivity contribution is -0.141. The van der Waals surface area contributed by atoms with Crippen LogP contribution in [0.2, 0.25) is 0 Å². The molecule has 0 amide bonds. The lowest BCUT2D eigenvalue weighted by Gasteiger charge is -2.07. The van der Waals surface area contributed by atoms with Crippen LogP contribution in [0.3, 0.4) is 0 Å². The van der Waals surface area contributed by atoms with Gasteiger partial charge in [-0.2, -0.15) is 0 Å². The Hall–Kier alpha value is -1.45. The molecule has 0 bridgehead atoms. The second-order valence-electron chi connectivity index (χ2n) is 3.86. The molecule has 2 nitrogen and oxygen atoms in total. The first-order valence-corrected chi connectivity index (χ1v) is 5.08. The van der Waals surface area contributed by atoms with E-state index in [2.05, 4.69) is 0 Å². The molecule has 0 spiro atoms. The van der Waals surface area contributed by atoms with Gasteiger partial charge in [0.1, 0.15) is 0 Å². The molecule has 0 saturated heterocycles. The zero-order valence-electron chi connectivity index (χ0n) is 8.99. The van der Waals surface area contributed by atoms with E-state index >= 15 is 0 Å². The molecule has 1 atom stereocenters. The van der Waals surface area contributed by atoms with E-state index in [1.807, 2.05) is 0 Å². The van der Waals surface area contributed by atoms with E-state index in [1.165, 1.54) is 0 Å². The molecule has 0 aliphatic heterocycles. The summed E-state index contributed by atoms with van der Waals surface area (Å²) in [6.45, 7) is 1.62. The minimum Gasteiger partial charge on any atom is -0.481 e. The van der Waals surface area contributed by atoms with Gasteiger partial charge in [-0.15, -0.1) is 0 Å². The van der Waals surface area contributed by atoms with E-state index in [9.17, 15) is 13.6 Å². The van der Waals surface area contributed by atoms with E-state index in [0.717, 1.165) is 5.56 Å². The van der Waals surface area contributed by atoms with Crippen LogP contribution in [-0.4, -0.2) is 17.5 Å². The summed E-state index contributed by atoms with van der Waals surface area (Å²) < 4.78 is 24.1. The van der Waals surface area contributed by atoms with Crippen LogP contribution in [0.1, 0.15) is 18.1 Å². The van der Waals surface area contributed by atoms with Gasteiger partial charge in [0.25, 0.3) is 0 Å². The number of carbonyl (C=O) groups is 1. The molecule has 0 fully saturated rings. The van der Waals surface area contributed by atoms with E-state index in [-0.39, 0.29) is 6.42 Å². The number of alkyl halides is 2. The Kier molecular flexibility index (Phi) is 4.40. The molecule has 0 aromatic heterocycles. The lowest BCUT2D eigenvalue weighted by atomic mass is 10.00. The Balaban J connectivity index is 2.61. The van der Waals surface area contributed by atoms with Crippen LogP contribution in [-0.2, 0) is 17.6 Å². The van der Waals surface area contributed by atoms with E-state index in [4.69, 9.17) is 5.11 Å². The van der Waals surface area contributed by atoms with Gasteiger partial charge in [-0.3, -0.25) is 4.79 Å². The van der Waals surface area contributed by atoms with Crippen LogP contribution in [0.4, 0.5) is 8.78 Å². The number of halogens is 2. The van der Waals surface area contributed by atoms with Gasteiger partial charge in [-0.1, -0.05) is 31.2 Å². The number of benzene rings is 1. The number of hydrogen-bond donors (Lipinski definition) is 1. The van der Waals surface area contributed by atoms with Gasteiger partial charge >= 0.3 is 5.97 Å². The van der Waals surface area contributed by atoms with Crippen LogP contribution in [0.25, 0.3) is 0 Å². The second kappa shape index (κ2) is 5.58. The number of rotatable bonds is 5. The van der Waals surface area contributed by atoms with Gasteiger partial charge < -0.3 is 5.11 Å². The average Bonchev–Trinajstić information content (AvgIpc) is 2.20. The zero-order valence-corrected chi connectivity index (χ0v) is 8.99. The Bertz CT molecular complexity index is 347. The maximum atomic E-state index is 12.1. The van der Waals surface area contributed by atoms with Gasteiger partial charge in [-0.05, 0) is 17.5 Å². The fourth-order valence-electron chi connectivity index (χ4n) is 1.43. The number of aliphatic carboxylic acids is 1. The van der Waals surface area contributed by atoms with Crippen LogP contribution in [0.15, 0.2) is 24.3 Å². The van der Waals surface area contributed by atoms with Crippen molar-refractivity contribution in [3.05, 3.63) is 35.4 Å². The molecule has 0 heterocycles. The first kappa shape index (κ1) is 12.6. The average molecular weight is 228 g/mol. The van der Waals surface area contributed by atoms with Crippen molar-refractivity contribution in [3.8, 4) is 0 Å². The third-order valence-electron chi connectivity index (χ3n) is 2.38. The van der Waals surface area contributed by atoms with Crippen molar-refractivity contribution in [1.82, 2.24) is 0 Å². The molecule has 1 rings (SSSR count). The summed E-state index contributed by atoms with van der Waals surface area (Å²) in [4.78, 5) is 10.6. The highest BCUT2D eigenvalue weighted by Crippen LogP contribution is 2.12. The summed E-state index contributed by atoms with van der Waals surface area (Å²) in [5, 5.41) is 8.72. The second-order valence-corrected chi connectivity index (χ2v) is 3.86. The van der Waals surface area contributed by atoms with E-state index < -0.39 is 18.3 Å². The topological polar surface area (TPSA) is 37.3 Å². The molecule has 1 aromatic rings. The summed E-state index contributed by atoms with van der Waals surface area (Å²) in [6, 6.07) is 6.65. The Morgan fingerprint density at radius 3 is 2.00 bits per heavy atom. The standard InChI is InChI=1S/C12H14F2O2/c1-8(12(15)16)6-9-2-4-10(5-3-9)7-11(13)14/h2-5,8,11H,6-7H2,1H3,(H,15,16). The molecule has 0 radical (unpaired) electrons. The number of hydrogen-bond acceptors (Lipinski definition) is 1. The first-order valence-electron chi connectivity index (χ1n) is 5.08. The highest BCUT2D eigenvalue weighted by Gasteiger charge is 2.11. The molecule has 0 aliphatic rings. The Morgan fingerprint density at radius 2 is 1.62 bits per heavy atom. The summed E-state index contributed by atoms with van der Waals surface area (Å²) in [5.41, 5.74) is 1.43. The lowest BCUT2D eigenvalue weighted by Crippen LogP contribution is -2.12. The number of carboxylic acid groups (broad SMARTS) is 1. The summed E-state index contributed by atoms with van der Waals surface area (Å²) in [6.07, 6.45) is -2.18. The molecule has 1 N–H and O–H groups in total. The molecule has 88 valence electrons. The SMILES string of the molecule is CC(Cc1ccc(CC(F)F)cc1)C(=O)O. The fraction of sp³-hybridized carbons (Fsp3) is 0.417. The van der Waals surface area contributed by atoms with Crippen LogP contribution < -0.4 is 0 Å². The normalized spacial score (nSPS) is 12.8. The van der Waals surface area contributed by atoms with Crippen molar-refractivity contribution in [3.63, 3.8) is 0 Å². The summed E-state index contributed by atoms with van der Waals surface area (Å²) >= 11 is 0. The smallest absolute Gasteiger partial charge is 0.306 e. The fourth-order valence-corrected chi connectivity index (χ4v) is 1.43. The summed E-state index contributed by atoms with van der Waals surface area (Å²) in [5.74, 6) is -1.31. The Labute approximate surface area is 92.9 Å². The predicted molar refractivity (Wildman–Crippen MR) is 56.7 cm³/mol. The minimum atomic E-state index is -2.34. The maximum Gasteiger partial charge on any atom is 0.306 e. The summed E-state index contributed by atoms with van der Waals surface area (Å²) in [7, 11) is 0. The molecule has 1 aromatic carbocycles. The van der Waals surface area contributed by atoms with Crippen molar-refractivity contribution in [2.75, 3.05) is 0 Å². The van der Waals surface area contributed by atoms with Crippen molar-refractivity contribution in [2.45, 2.75) is 26.2 Å². The molecule has 0 saturated carbocycles. The van der Waals surface area contributed by atoms with Crippen molar-refractivity contribution in [1.29, 1.82) is 0 Å². The minimum absolute atomic E-state index is 0.255. The van der Waals surface area contributed by atoms with Crippen molar-refractivity contribution >= 4 is 5.97 Å². The van der Waals surface area contributed by atoms with Gasteiger partial charge in [-0.25, -0.2) is 8.78 Å². The first-order chi connectivity index (χ1) is 7.49. The third-order valence-corrected chi connectivity index (χ3v) is 2.38. The molecule has 0 aliphatic carbocycles. The van der Waals surface area contributed by atoms with Crippen LogP contribution in [0, 0.1) is 5.92 Å². The molecule has 1 unspecified atom stereocenters. The van der Waals surface area contributed by atoms with Crippen molar-refractivity contribution < 1.29 is 18.7 Å².